The number of phosphoric acid groups is 1. The highest BCUT2D eigenvalue weighted by Crippen LogP contribution is 2.43. The van der Waals surface area contributed by atoms with Gasteiger partial charge in [-0.25, -0.2) is 4.57 Å². The molecule has 0 aromatic heterocycles. The third-order valence-electron chi connectivity index (χ3n) is 10.1. The molecule has 0 heterocycles. The molecule has 0 radical (unpaired) electrons. The summed E-state index contributed by atoms with van der Waals surface area (Å²) < 4.78 is 33.5. The van der Waals surface area contributed by atoms with Gasteiger partial charge in [-0.2, -0.15) is 0 Å². The first-order valence-corrected chi connectivity index (χ1v) is 25.0. The molecule has 0 aliphatic rings. The van der Waals surface area contributed by atoms with Crippen LogP contribution in [0.5, 0.6) is 0 Å². The van der Waals surface area contributed by atoms with Gasteiger partial charge in [0.05, 0.1) is 19.8 Å². The van der Waals surface area contributed by atoms with Crippen molar-refractivity contribution in [2.75, 3.05) is 33.0 Å². The molecule has 0 aliphatic carbocycles. The molecule has 0 spiro atoms. The van der Waals surface area contributed by atoms with E-state index in [1.54, 1.807) is 0 Å². The van der Waals surface area contributed by atoms with Crippen molar-refractivity contribution in [2.45, 2.75) is 225 Å². The molecule has 2 atom stereocenters. The van der Waals surface area contributed by atoms with Crippen molar-refractivity contribution in [1.29, 1.82) is 0 Å². The van der Waals surface area contributed by atoms with E-state index in [9.17, 15) is 14.3 Å². The maximum Gasteiger partial charge on any atom is 0.472 e. The van der Waals surface area contributed by atoms with Crippen LogP contribution in [0.1, 0.15) is 219 Å². The number of rotatable bonds is 45. The first-order valence-electron chi connectivity index (χ1n) is 23.5. The quantitative estimate of drug-likeness (QED) is 0.0270. The molecule has 0 saturated carbocycles. The molecular weight excluding hydrogens is 721 g/mol. The first-order chi connectivity index (χ1) is 27.4. The molecule has 0 saturated heterocycles. The Hall–Kier alpha value is -1.28. The number of carbonyl (C=O) groups is 1. The molecule has 8 nitrogen and oxygen atoms in total. The van der Waals surface area contributed by atoms with Crippen LogP contribution in [0.25, 0.3) is 0 Å². The smallest absolute Gasteiger partial charge is 0.457 e. The van der Waals surface area contributed by atoms with Crippen molar-refractivity contribution in [1.82, 2.24) is 0 Å². The van der Waals surface area contributed by atoms with E-state index in [1.807, 2.05) is 0 Å². The molecule has 0 aliphatic heterocycles. The van der Waals surface area contributed by atoms with Gasteiger partial charge in [-0.05, 0) is 51.4 Å². The highest BCUT2D eigenvalue weighted by molar-refractivity contribution is 7.47. The lowest BCUT2D eigenvalue weighted by Gasteiger charge is -2.20. The summed E-state index contributed by atoms with van der Waals surface area (Å²) in [4.78, 5) is 22.5. The van der Waals surface area contributed by atoms with Crippen LogP contribution in [0.3, 0.4) is 0 Å². The van der Waals surface area contributed by atoms with E-state index >= 15 is 0 Å². The zero-order valence-electron chi connectivity index (χ0n) is 36.6. The number of nitrogens with two attached hydrogens (primary N) is 1. The minimum Gasteiger partial charge on any atom is -0.457 e. The summed E-state index contributed by atoms with van der Waals surface area (Å²) in [6.45, 7) is 4.93. The molecule has 330 valence electrons. The van der Waals surface area contributed by atoms with Gasteiger partial charge >= 0.3 is 13.8 Å². The Kier molecular flexibility index (Phi) is 43.8. The number of carbonyl (C=O) groups excluding carboxylic acids is 1. The second-order valence-electron chi connectivity index (χ2n) is 15.6. The summed E-state index contributed by atoms with van der Waals surface area (Å²) in [5.41, 5.74) is 5.38. The molecule has 56 heavy (non-hydrogen) atoms. The molecule has 0 amide bonds. The zero-order chi connectivity index (χ0) is 40.9. The predicted octanol–water partition coefficient (Wildman–Crippen LogP) is 14.2. The maximum absolute atomic E-state index is 12.6. The third kappa shape index (κ3) is 43.8. The van der Waals surface area contributed by atoms with Crippen molar-refractivity contribution < 1.29 is 32.8 Å². The molecule has 9 heteroatoms. The summed E-state index contributed by atoms with van der Waals surface area (Å²) in [6, 6.07) is 0. The SMILES string of the molecule is CCCCCCC/C=C\C/C=C\C/C=C\CCCCCCCCC(=O)OC(COCCCCCCCCCCCCCCCCCC)COP(=O)(O)OCCN. The van der Waals surface area contributed by atoms with Gasteiger partial charge in [0.15, 0.2) is 0 Å². The van der Waals surface area contributed by atoms with Gasteiger partial charge in [0.25, 0.3) is 0 Å². The fourth-order valence-electron chi connectivity index (χ4n) is 6.59. The fourth-order valence-corrected chi connectivity index (χ4v) is 7.36. The number of allylic oxidation sites excluding steroid dienone is 6. The lowest BCUT2D eigenvalue weighted by atomic mass is 10.0. The summed E-state index contributed by atoms with van der Waals surface area (Å²) in [7, 11) is -4.28. The highest BCUT2D eigenvalue weighted by Gasteiger charge is 2.25. The second kappa shape index (κ2) is 44.8. The lowest BCUT2D eigenvalue weighted by Crippen LogP contribution is -2.28. The van der Waals surface area contributed by atoms with E-state index in [1.165, 1.54) is 141 Å². The normalized spacial score (nSPS) is 13.7. The van der Waals surface area contributed by atoms with Gasteiger partial charge in [-0.1, -0.05) is 198 Å². The van der Waals surface area contributed by atoms with Crippen LogP contribution >= 0.6 is 7.82 Å². The Balaban J connectivity index is 4.01. The van der Waals surface area contributed by atoms with Crippen molar-refractivity contribution in [3.8, 4) is 0 Å². The molecular formula is C47H90NO7P. The number of esters is 1. The number of hydrogen-bond donors (Lipinski definition) is 2. The fraction of sp³-hybridized carbons (Fsp3) is 0.851. The van der Waals surface area contributed by atoms with E-state index < -0.39 is 13.9 Å². The molecule has 0 rings (SSSR count). The van der Waals surface area contributed by atoms with E-state index in [4.69, 9.17) is 24.3 Å². The summed E-state index contributed by atoms with van der Waals surface area (Å²) in [5.74, 6) is -0.340. The van der Waals surface area contributed by atoms with E-state index in [0.29, 0.717) is 13.0 Å². The first kappa shape index (κ1) is 54.7. The second-order valence-corrected chi connectivity index (χ2v) is 17.1. The Morgan fingerprint density at radius 2 is 0.946 bits per heavy atom. The van der Waals surface area contributed by atoms with Crippen molar-refractivity contribution in [3.05, 3.63) is 36.5 Å². The van der Waals surface area contributed by atoms with Crippen LogP contribution < -0.4 is 5.73 Å². The standard InChI is InChI=1S/C47H90NO7P/c1-3-5-7-9-11-13-15-17-19-21-22-23-24-25-26-28-30-32-34-36-38-40-47(49)55-46(45-54-56(50,51)53-43-41-48)44-52-42-39-37-35-33-31-29-27-20-18-16-14-12-10-8-6-4-2/h15,17,21-22,24-25,46H,3-14,16,18-20,23,26-45,48H2,1-2H3,(H,50,51)/b17-15-,22-21-,25-24-. The Labute approximate surface area is 346 Å². The minimum absolute atomic E-state index is 0.0973. The van der Waals surface area contributed by atoms with Crippen molar-refractivity contribution in [3.63, 3.8) is 0 Å². The molecule has 0 aromatic carbocycles. The number of unbranched alkanes of at least 4 members (excludes halogenated alkanes) is 26. The van der Waals surface area contributed by atoms with Crippen LogP contribution in [0.15, 0.2) is 36.5 Å². The third-order valence-corrected chi connectivity index (χ3v) is 11.0. The van der Waals surface area contributed by atoms with Crippen molar-refractivity contribution >= 4 is 13.8 Å². The zero-order valence-corrected chi connectivity index (χ0v) is 37.5. The van der Waals surface area contributed by atoms with Crippen molar-refractivity contribution in [2.24, 2.45) is 5.73 Å². The van der Waals surface area contributed by atoms with Crippen LogP contribution in [-0.2, 0) is 27.9 Å². The van der Waals surface area contributed by atoms with Crippen LogP contribution in [0.4, 0.5) is 0 Å². The summed E-state index contributed by atoms with van der Waals surface area (Å²) in [5, 5.41) is 0. The maximum atomic E-state index is 12.6. The minimum atomic E-state index is -4.28. The molecule has 0 fully saturated rings. The van der Waals surface area contributed by atoms with E-state index in [0.717, 1.165) is 57.8 Å². The Morgan fingerprint density at radius 1 is 0.536 bits per heavy atom. The van der Waals surface area contributed by atoms with Crippen LogP contribution in [-0.4, -0.2) is 49.9 Å². The average molecular weight is 812 g/mol. The van der Waals surface area contributed by atoms with Gasteiger partial charge < -0.3 is 20.1 Å². The highest BCUT2D eigenvalue weighted by atomic mass is 31.2. The number of hydrogen-bond acceptors (Lipinski definition) is 7. The molecule has 0 aromatic rings. The lowest BCUT2D eigenvalue weighted by molar-refractivity contribution is -0.154. The van der Waals surface area contributed by atoms with Gasteiger partial charge in [0.1, 0.15) is 6.10 Å². The van der Waals surface area contributed by atoms with E-state index in [-0.39, 0.29) is 32.3 Å². The Bertz CT molecular complexity index is 957. The van der Waals surface area contributed by atoms with Gasteiger partial charge in [0.2, 0.25) is 0 Å². The number of ether oxygens (including phenoxy) is 2. The van der Waals surface area contributed by atoms with E-state index in [2.05, 4.69) is 50.3 Å². The monoisotopic (exact) mass is 812 g/mol. The average Bonchev–Trinajstić information content (AvgIpc) is 3.19. The Morgan fingerprint density at radius 3 is 1.41 bits per heavy atom. The van der Waals surface area contributed by atoms with Crippen LogP contribution in [0.2, 0.25) is 0 Å². The molecule has 3 N–H and O–H groups in total. The molecule has 2 unspecified atom stereocenters. The summed E-state index contributed by atoms with van der Waals surface area (Å²) in [6.07, 6.45) is 51.6. The number of phosphoric ester groups is 1. The predicted molar refractivity (Wildman–Crippen MR) is 238 cm³/mol. The van der Waals surface area contributed by atoms with Gasteiger partial charge in [-0.3, -0.25) is 13.8 Å². The van der Waals surface area contributed by atoms with Gasteiger partial charge in [-0.15, -0.1) is 0 Å². The largest absolute Gasteiger partial charge is 0.472 e. The topological polar surface area (TPSA) is 117 Å². The van der Waals surface area contributed by atoms with Crippen LogP contribution in [0, 0.1) is 0 Å². The molecule has 0 bridgehead atoms. The summed E-state index contributed by atoms with van der Waals surface area (Å²) >= 11 is 0. The van der Waals surface area contributed by atoms with Gasteiger partial charge in [0, 0.05) is 19.6 Å².